The molecule has 6 unspecified atom stereocenters. The van der Waals surface area contributed by atoms with E-state index in [1.165, 1.54) is 42.8 Å². The Hall–Kier alpha value is -6.41. The Kier molecular flexibility index (Phi) is 19.5. The van der Waals surface area contributed by atoms with Gasteiger partial charge in [0.15, 0.2) is 0 Å². The average Bonchev–Trinajstić information content (AvgIpc) is 4.13. The van der Waals surface area contributed by atoms with E-state index in [4.69, 9.17) is 0 Å². The summed E-state index contributed by atoms with van der Waals surface area (Å²) in [5, 5.41) is 98.2. The van der Waals surface area contributed by atoms with Crippen molar-refractivity contribution in [3.8, 4) is 0 Å². The van der Waals surface area contributed by atoms with Gasteiger partial charge in [-0.1, -0.05) is 67.6 Å². The van der Waals surface area contributed by atoms with E-state index in [1.807, 2.05) is 60.7 Å². The predicted molar refractivity (Wildman–Crippen MR) is 259 cm³/mol. The largest absolute Gasteiger partial charge is 0.469 e. The van der Waals surface area contributed by atoms with Crippen molar-refractivity contribution >= 4 is 23.7 Å². The number of fused-ring (bicyclic) bond motifs is 3. The summed E-state index contributed by atoms with van der Waals surface area (Å²) in [6.07, 6.45) is 0.793. The normalized spacial score (nSPS) is 25.8. The molecule has 23 nitrogen and oxygen atoms in total. The molecule has 12 N–H and O–H groups in total. The highest BCUT2D eigenvalue weighted by Crippen LogP contribution is 2.35. The fourth-order valence-electron chi connectivity index (χ4n) is 9.23. The number of methoxy groups -OCH3 is 1. The Morgan fingerprint density at radius 1 is 0.521 bits per heavy atom. The standard InChI is InChI=1S/C19H25N3O4.C18H23N3O4.C13H19N3O6/c1-2-15(24)21-16-18(26)17(25)14(11-23)22-10-13(20-19(16)22)9-8-12-6-4-3-5-7-12;1-11(23)19-15-17(25)16(24)14(10-22)21-9-13(20-18(15)21)8-7-12-5-3-2-4-6-12;1-6(18)14-10-12(21)11(20)8(5-17)16-4-7(15-13(10)16)3-9(19)22-2/h3-7,10,14,16-18,23,25-26H,2,8-9,11H2,1H3,(H,21,24);2-6,9,14-17,22,24-25H,7-8,10H2,1H3,(H,19,23);4,8,10-12,17,20-21H,3,5H2,1-2H3,(H,14,18)/t14?,16?,17-,18-;14?,15?,16-,17-;8?,10?,11-,12-/m111/s1. The van der Waals surface area contributed by atoms with Crippen LogP contribution in [0.1, 0.15) is 109 Å². The van der Waals surface area contributed by atoms with Crippen LogP contribution in [0.2, 0.25) is 0 Å². The SMILES string of the molecule is CC(=O)NC1c2nc(CCc3ccccc3)cn2C(CO)[C@@H](O)[C@@H]1O.CCC(=O)NC1c2nc(CCc3ccccc3)cn2C(CO)[C@@H](O)[C@@H]1O.COC(=O)Cc1cn2c(n1)C(NC(C)=O)[C@@H](O)[C@H](O)C2CO. The maximum Gasteiger partial charge on any atom is 0.311 e. The number of nitrogens with zero attached hydrogens (tertiary/aromatic N) is 6. The number of aromatic nitrogens is 6. The van der Waals surface area contributed by atoms with E-state index in [2.05, 4.69) is 35.6 Å². The molecule has 5 aromatic rings. The quantitative estimate of drug-likeness (QED) is 0.0540. The first-order valence-corrected chi connectivity index (χ1v) is 24.1. The first-order chi connectivity index (χ1) is 34.9. The van der Waals surface area contributed by atoms with Crippen molar-refractivity contribution in [1.82, 2.24) is 44.6 Å². The molecular formula is C50H67N9O14. The van der Waals surface area contributed by atoms with Crippen LogP contribution in [0, 0.1) is 0 Å². The van der Waals surface area contributed by atoms with Crippen LogP contribution in [0.25, 0.3) is 0 Å². The molecule has 3 aliphatic rings. The Labute approximate surface area is 421 Å². The highest BCUT2D eigenvalue weighted by atomic mass is 16.5. The fraction of sp³-hybridized carbons (Fsp3) is 0.500. The molecule has 8 rings (SSSR count). The summed E-state index contributed by atoms with van der Waals surface area (Å²) in [5.41, 5.74) is 4.31. The van der Waals surface area contributed by atoms with Crippen LogP contribution in [0.3, 0.4) is 0 Å². The van der Waals surface area contributed by atoms with Crippen LogP contribution in [-0.2, 0) is 56.0 Å². The lowest BCUT2D eigenvalue weighted by molar-refractivity contribution is -0.140. The van der Waals surface area contributed by atoms with Crippen LogP contribution in [0.5, 0.6) is 0 Å². The lowest BCUT2D eigenvalue weighted by Gasteiger charge is -2.38. The summed E-state index contributed by atoms with van der Waals surface area (Å²) in [5.74, 6) is -0.258. The number of hydrogen-bond donors (Lipinski definition) is 12. The summed E-state index contributed by atoms with van der Waals surface area (Å²) in [4.78, 5) is 59.3. The highest BCUT2D eigenvalue weighted by Gasteiger charge is 2.45. The molecule has 0 saturated heterocycles. The van der Waals surface area contributed by atoms with Gasteiger partial charge < -0.3 is 80.3 Å². The number of benzene rings is 2. The monoisotopic (exact) mass is 1020 g/mol. The lowest BCUT2D eigenvalue weighted by atomic mass is 9.94. The summed E-state index contributed by atoms with van der Waals surface area (Å²) in [7, 11) is 1.25. The molecule has 3 aliphatic heterocycles. The van der Waals surface area contributed by atoms with E-state index in [-0.39, 0.29) is 43.7 Å². The number of aliphatic hydroxyl groups excluding tert-OH is 9. The zero-order chi connectivity index (χ0) is 53.1. The summed E-state index contributed by atoms with van der Waals surface area (Å²) < 4.78 is 9.38. The van der Waals surface area contributed by atoms with Crippen molar-refractivity contribution < 1.29 is 69.9 Å². The second kappa shape index (κ2) is 25.5. The van der Waals surface area contributed by atoms with E-state index < -0.39 is 91.4 Å². The van der Waals surface area contributed by atoms with Gasteiger partial charge in [0.25, 0.3) is 0 Å². The van der Waals surface area contributed by atoms with E-state index >= 15 is 0 Å². The molecular weight excluding hydrogens is 951 g/mol. The number of hydrogen-bond acceptors (Lipinski definition) is 17. The minimum absolute atomic E-state index is 0.0897. The van der Waals surface area contributed by atoms with Crippen LogP contribution >= 0.6 is 0 Å². The van der Waals surface area contributed by atoms with E-state index in [9.17, 15) is 65.1 Å². The highest BCUT2D eigenvalue weighted by molar-refractivity contribution is 5.76. The Bertz CT molecular complexity index is 2610. The van der Waals surface area contributed by atoms with Crippen LogP contribution in [0.15, 0.2) is 79.3 Å². The number of carbonyl (C=O) groups is 4. The molecule has 0 saturated carbocycles. The molecule has 3 aromatic heterocycles. The number of nitrogens with one attached hydrogen (secondary N) is 3. The number of aryl methyl sites for hydroxylation is 4. The van der Waals surface area contributed by atoms with Crippen molar-refractivity contribution in [1.29, 1.82) is 0 Å². The zero-order valence-electron chi connectivity index (χ0n) is 41.0. The third kappa shape index (κ3) is 13.2. The number of rotatable bonds is 15. The third-order valence-electron chi connectivity index (χ3n) is 13.1. The number of aliphatic hydroxyl groups is 9. The average molecular weight is 1020 g/mol. The molecule has 23 heteroatoms. The summed E-state index contributed by atoms with van der Waals surface area (Å²) in [6, 6.07) is 15.3. The van der Waals surface area contributed by atoms with E-state index in [0.717, 1.165) is 24.2 Å². The molecule has 0 spiro atoms. The molecule has 2 aromatic carbocycles. The summed E-state index contributed by atoms with van der Waals surface area (Å²) >= 11 is 0. The van der Waals surface area contributed by atoms with Gasteiger partial charge in [0.2, 0.25) is 17.7 Å². The van der Waals surface area contributed by atoms with Crippen molar-refractivity contribution in [2.24, 2.45) is 0 Å². The predicted octanol–water partition coefficient (Wildman–Crippen LogP) is -1.34. The molecule has 73 heavy (non-hydrogen) atoms. The van der Waals surface area contributed by atoms with Crippen molar-refractivity contribution in [3.05, 3.63) is 125 Å². The minimum atomic E-state index is -1.32. The number of imidazole rings is 3. The van der Waals surface area contributed by atoms with Gasteiger partial charge in [0.1, 0.15) is 72.2 Å². The van der Waals surface area contributed by atoms with E-state index in [0.29, 0.717) is 30.2 Å². The second-order valence-corrected chi connectivity index (χ2v) is 18.2. The zero-order valence-corrected chi connectivity index (χ0v) is 41.0. The molecule has 3 amide bonds. The maximum atomic E-state index is 11.8. The van der Waals surface area contributed by atoms with Crippen LogP contribution in [-0.4, -0.2) is 162 Å². The molecule has 396 valence electrons. The molecule has 0 bridgehead atoms. The van der Waals surface area contributed by atoms with Gasteiger partial charge in [0.05, 0.1) is 68.6 Å². The first kappa shape index (κ1) is 55.9. The summed E-state index contributed by atoms with van der Waals surface area (Å²) in [6.45, 7) is 3.27. The van der Waals surface area contributed by atoms with Gasteiger partial charge in [-0.15, -0.1) is 0 Å². The van der Waals surface area contributed by atoms with Gasteiger partial charge in [-0.2, -0.15) is 0 Å². The third-order valence-corrected chi connectivity index (χ3v) is 13.1. The topological polar surface area (TPSA) is 349 Å². The molecule has 0 fully saturated rings. The van der Waals surface area contributed by atoms with Crippen LogP contribution in [0.4, 0.5) is 0 Å². The Morgan fingerprint density at radius 3 is 1.19 bits per heavy atom. The van der Waals surface area contributed by atoms with Gasteiger partial charge in [-0.25, -0.2) is 15.0 Å². The van der Waals surface area contributed by atoms with E-state index in [1.54, 1.807) is 28.5 Å². The van der Waals surface area contributed by atoms with Gasteiger partial charge >= 0.3 is 5.97 Å². The van der Waals surface area contributed by atoms with Crippen molar-refractivity contribution in [2.45, 2.75) is 132 Å². The Morgan fingerprint density at radius 2 is 0.863 bits per heavy atom. The van der Waals surface area contributed by atoms with Gasteiger partial charge in [-0.05, 0) is 36.8 Å². The van der Waals surface area contributed by atoms with Crippen LogP contribution < -0.4 is 16.0 Å². The molecule has 0 aliphatic carbocycles. The fourth-order valence-corrected chi connectivity index (χ4v) is 9.23. The number of carbonyl (C=O) groups excluding carboxylic acids is 4. The number of amides is 3. The second-order valence-electron chi connectivity index (χ2n) is 18.2. The van der Waals surface area contributed by atoms with Crippen molar-refractivity contribution in [3.63, 3.8) is 0 Å². The Balaban J connectivity index is 0.000000179. The number of esters is 1. The van der Waals surface area contributed by atoms with Crippen molar-refractivity contribution in [2.75, 3.05) is 26.9 Å². The smallest absolute Gasteiger partial charge is 0.311 e. The molecule has 12 atom stereocenters. The molecule has 0 radical (unpaired) electrons. The van der Waals surface area contributed by atoms with Gasteiger partial charge in [0, 0.05) is 38.9 Å². The minimum Gasteiger partial charge on any atom is -0.469 e. The number of ether oxygens (including phenoxy) is 1. The van der Waals surface area contributed by atoms with Gasteiger partial charge in [-0.3, -0.25) is 19.2 Å². The maximum absolute atomic E-state index is 11.8. The first-order valence-electron chi connectivity index (χ1n) is 24.1. The molecule has 6 heterocycles. The lowest BCUT2D eigenvalue weighted by Crippen LogP contribution is -2.51.